The number of aryl methyl sites for hydroxylation is 1. The van der Waals surface area contributed by atoms with Crippen LogP contribution in [-0.2, 0) is 6.18 Å². The predicted molar refractivity (Wildman–Crippen MR) is 172 cm³/mol. The van der Waals surface area contributed by atoms with E-state index in [2.05, 4.69) is 26.0 Å². The molecule has 13 heteroatoms. The number of nitrogens with one attached hydrogen (secondary N) is 3. The number of anilines is 3. The molecule has 0 spiro atoms. The summed E-state index contributed by atoms with van der Waals surface area (Å²) < 4.78 is 43.5. The standard InChI is InChI=1S/C33H30F3N9O/c1-19-41-29(30-31(37)39-17-28(45(19)30)20-16-40-44(18-20)23-11-13-38-14-12-23)26-9-10-27(25-8-3-2-7-24(25)26)43-32(46)42-22-6-4-5-21(15-22)33(34,35)36/h2-10,15-18,23,38H,11-14H2,1H3,(H2,37,39)(H2,42,43,46). The molecule has 3 aromatic heterocycles. The number of hydrogen-bond donors (Lipinski definition) is 4. The zero-order valence-electron chi connectivity index (χ0n) is 24.8. The van der Waals surface area contributed by atoms with Crippen molar-refractivity contribution >= 4 is 39.5 Å². The van der Waals surface area contributed by atoms with Crippen LogP contribution in [0.15, 0.2) is 79.3 Å². The molecular weight excluding hydrogens is 595 g/mol. The SMILES string of the molecule is Cc1nc(-c2ccc(NC(=O)Nc3cccc(C(F)(F)F)c3)c3ccccc23)c2c(N)ncc(-c3cnn(C4CCNCC4)c3)n12. The van der Waals surface area contributed by atoms with Crippen molar-refractivity contribution in [3.63, 3.8) is 0 Å². The number of aromatic nitrogens is 5. The predicted octanol–water partition coefficient (Wildman–Crippen LogP) is 6.89. The smallest absolute Gasteiger partial charge is 0.382 e. The molecule has 6 aromatic rings. The number of rotatable bonds is 5. The fourth-order valence-electron chi connectivity index (χ4n) is 6.12. The highest BCUT2D eigenvalue weighted by atomic mass is 19.4. The van der Waals surface area contributed by atoms with E-state index in [1.165, 1.54) is 12.1 Å². The average Bonchev–Trinajstić information content (AvgIpc) is 3.68. The Bertz CT molecular complexity index is 2090. The van der Waals surface area contributed by atoms with Crippen molar-refractivity contribution in [2.75, 3.05) is 29.5 Å². The van der Waals surface area contributed by atoms with E-state index in [1.54, 1.807) is 12.3 Å². The van der Waals surface area contributed by atoms with Gasteiger partial charge in [0.1, 0.15) is 22.9 Å². The number of imidazole rings is 1. The highest BCUT2D eigenvalue weighted by Gasteiger charge is 2.30. The lowest BCUT2D eigenvalue weighted by atomic mass is 10.00. The molecule has 4 heterocycles. The number of carbonyl (C=O) groups excluding carboxylic acids is 1. The number of urea groups is 1. The summed E-state index contributed by atoms with van der Waals surface area (Å²) in [5.74, 6) is 1.03. The van der Waals surface area contributed by atoms with Crippen molar-refractivity contribution in [1.82, 2.24) is 29.5 Å². The molecule has 1 aliphatic heterocycles. The number of amides is 2. The van der Waals surface area contributed by atoms with Crippen molar-refractivity contribution < 1.29 is 18.0 Å². The van der Waals surface area contributed by atoms with Crippen LogP contribution >= 0.6 is 0 Å². The van der Waals surface area contributed by atoms with E-state index in [0.717, 1.165) is 66.1 Å². The zero-order chi connectivity index (χ0) is 32.0. The van der Waals surface area contributed by atoms with Gasteiger partial charge in [-0.25, -0.2) is 14.8 Å². The number of halogens is 3. The van der Waals surface area contributed by atoms with Crippen LogP contribution in [0.3, 0.4) is 0 Å². The third kappa shape index (κ3) is 5.38. The molecular formula is C33H30F3N9O. The molecule has 0 saturated carbocycles. The van der Waals surface area contributed by atoms with Gasteiger partial charge in [-0.2, -0.15) is 18.3 Å². The van der Waals surface area contributed by atoms with E-state index in [4.69, 9.17) is 10.7 Å². The Morgan fingerprint density at radius 3 is 2.57 bits per heavy atom. The first-order valence-electron chi connectivity index (χ1n) is 14.8. The maximum Gasteiger partial charge on any atom is 0.416 e. The fourth-order valence-corrected chi connectivity index (χ4v) is 6.12. The van der Waals surface area contributed by atoms with Gasteiger partial charge in [0, 0.05) is 28.4 Å². The number of nitrogens with two attached hydrogens (primary N) is 1. The van der Waals surface area contributed by atoms with Crippen molar-refractivity contribution in [3.8, 4) is 22.5 Å². The van der Waals surface area contributed by atoms with Gasteiger partial charge < -0.3 is 21.7 Å². The largest absolute Gasteiger partial charge is 0.416 e. The first kappa shape index (κ1) is 29.3. The van der Waals surface area contributed by atoms with E-state index in [9.17, 15) is 18.0 Å². The number of benzene rings is 3. The lowest BCUT2D eigenvalue weighted by Gasteiger charge is -2.22. The van der Waals surface area contributed by atoms with Crippen molar-refractivity contribution in [2.24, 2.45) is 0 Å². The van der Waals surface area contributed by atoms with Crippen LogP contribution in [0.4, 0.5) is 35.2 Å². The minimum absolute atomic E-state index is 0.0216. The molecule has 46 heavy (non-hydrogen) atoms. The maximum absolute atomic E-state index is 13.2. The van der Waals surface area contributed by atoms with Crippen molar-refractivity contribution in [3.05, 3.63) is 90.6 Å². The van der Waals surface area contributed by atoms with Crippen LogP contribution < -0.4 is 21.7 Å². The molecule has 234 valence electrons. The number of carbonyl (C=O) groups is 1. The van der Waals surface area contributed by atoms with Gasteiger partial charge in [0.2, 0.25) is 0 Å². The molecule has 1 fully saturated rings. The van der Waals surface area contributed by atoms with Gasteiger partial charge in [0.25, 0.3) is 0 Å². The Morgan fingerprint density at radius 2 is 1.78 bits per heavy atom. The van der Waals surface area contributed by atoms with Crippen molar-refractivity contribution in [1.29, 1.82) is 0 Å². The Labute approximate surface area is 261 Å². The molecule has 10 nitrogen and oxygen atoms in total. The minimum Gasteiger partial charge on any atom is -0.382 e. The van der Waals surface area contributed by atoms with Crippen LogP contribution in [0.5, 0.6) is 0 Å². The Kier molecular flexibility index (Phi) is 7.32. The van der Waals surface area contributed by atoms with Crippen LogP contribution in [0.2, 0.25) is 0 Å². The summed E-state index contributed by atoms with van der Waals surface area (Å²) >= 11 is 0. The number of nitrogens with zero attached hydrogens (tertiary/aromatic N) is 5. The second-order valence-electron chi connectivity index (χ2n) is 11.3. The summed E-state index contributed by atoms with van der Waals surface area (Å²) in [5.41, 5.74) is 9.91. The molecule has 1 aliphatic rings. The molecule has 0 aliphatic carbocycles. The van der Waals surface area contributed by atoms with E-state index < -0.39 is 17.8 Å². The number of nitrogen functional groups attached to an aromatic ring is 1. The lowest BCUT2D eigenvalue weighted by molar-refractivity contribution is -0.137. The first-order chi connectivity index (χ1) is 22.2. The van der Waals surface area contributed by atoms with Crippen LogP contribution in [0.25, 0.3) is 38.8 Å². The second-order valence-corrected chi connectivity index (χ2v) is 11.3. The Hall–Kier alpha value is -5.43. The normalized spacial score (nSPS) is 14.2. The van der Waals surface area contributed by atoms with Gasteiger partial charge in [0.15, 0.2) is 0 Å². The highest BCUT2D eigenvalue weighted by Crippen LogP contribution is 2.38. The molecule has 0 unspecified atom stereocenters. The average molecular weight is 626 g/mol. The number of fused-ring (bicyclic) bond motifs is 2. The summed E-state index contributed by atoms with van der Waals surface area (Å²) in [6, 6.07) is 15.2. The van der Waals surface area contributed by atoms with Gasteiger partial charge in [-0.3, -0.25) is 9.08 Å². The van der Waals surface area contributed by atoms with E-state index in [1.807, 2.05) is 58.7 Å². The molecule has 7 rings (SSSR count). The third-order valence-corrected chi connectivity index (χ3v) is 8.31. The Balaban J connectivity index is 1.24. The summed E-state index contributed by atoms with van der Waals surface area (Å²) in [7, 11) is 0. The summed E-state index contributed by atoms with van der Waals surface area (Å²) in [6.45, 7) is 3.83. The summed E-state index contributed by atoms with van der Waals surface area (Å²) in [4.78, 5) is 22.4. The van der Waals surface area contributed by atoms with Crippen LogP contribution in [0.1, 0.15) is 30.3 Å². The maximum atomic E-state index is 13.2. The summed E-state index contributed by atoms with van der Waals surface area (Å²) in [6.07, 6.45) is 3.12. The van der Waals surface area contributed by atoms with Gasteiger partial charge in [-0.1, -0.05) is 36.4 Å². The first-order valence-corrected chi connectivity index (χ1v) is 14.8. The van der Waals surface area contributed by atoms with E-state index >= 15 is 0 Å². The number of piperidine rings is 1. The van der Waals surface area contributed by atoms with Gasteiger partial charge >= 0.3 is 12.2 Å². The molecule has 2 amide bonds. The van der Waals surface area contributed by atoms with Gasteiger partial charge in [-0.15, -0.1) is 0 Å². The van der Waals surface area contributed by atoms with E-state index in [-0.39, 0.29) is 5.69 Å². The van der Waals surface area contributed by atoms with Gasteiger partial charge in [0.05, 0.1) is 35.4 Å². The number of hydrogen-bond acceptors (Lipinski definition) is 6. The summed E-state index contributed by atoms with van der Waals surface area (Å²) in [5, 5.41) is 14.8. The third-order valence-electron chi connectivity index (χ3n) is 8.31. The quantitative estimate of drug-likeness (QED) is 0.165. The molecule has 3 aromatic carbocycles. The highest BCUT2D eigenvalue weighted by molar-refractivity contribution is 6.11. The van der Waals surface area contributed by atoms with Crippen molar-refractivity contribution in [2.45, 2.75) is 32.0 Å². The second kappa shape index (κ2) is 11.5. The fraction of sp³-hybridized carbons (Fsp3) is 0.212. The zero-order valence-corrected chi connectivity index (χ0v) is 24.8. The Morgan fingerprint density at radius 1 is 1.00 bits per heavy atom. The molecule has 1 saturated heterocycles. The minimum atomic E-state index is -4.52. The monoisotopic (exact) mass is 625 g/mol. The molecule has 5 N–H and O–H groups in total. The molecule has 0 atom stereocenters. The topological polar surface area (TPSA) is 127 Å². The van der Waals surface area contributed by atoms with Gasteiger partial charge in [-0.05, 0) is 62.5 Å². The van der Waals surface area contributed by atoms with Crippen LogP contribution in [-0.4, -0.2) is 43.3 Å². The van der Waals surface area contributed by atoms with E-state index in [0.29, 0.717) is 34.1 Å². The number of alkyl halides is 3. The lowest BCUT2D eigenvalue weighted by Crippen LogP contribution is -2.29. The molecule has 0 radical (unpaired) electrons. The molecule has 0 bridgehead atoms. The van der Waals surface area contributed by atoms with Crippen LogP contribution in [0, 0.1) is 6.92 Å².